The van der Waals surface area contributed by atoms with Crippen molar-refractivity contribution in [2.75, 3.05) is 0 Å². The van der Waals surface area contributed by atoms with Crippen molar-refractivity contribution >= 4 is 42.3 Å². The van der Waals surface area contributed by atoms with Crippen LogP contribution < -0.4 is 5.73 Å². The summed E-state index contributed by atoms with van der Waals surface area (Å²) in [5.74, 6) is 0. The second kappa shape index (κ2) is 6.13. The maximum absolute atomic E-state index is 10.0. The molecule has 0 saturated heterocycles. The molecule has 0 aliphatic rings. The SMILES string of the molecule is CC(C)(C)OC(N)=O.[AlH3].[LiH]. The van der Waals surface area contributed by atoms with Gasteiger partial charge in [-0.3, -0.25) is 0 Å². The van der Waals surface area contributed by atoms with Gasteiger partial charge in [0.15, 0.2) is 17.4 Å². The number of carbonyl (C=O) groups excluding carboxylic acids is 1. The Morgan fingerprint density at radius 3 is 1.70 bits per heavy atom. The van der Waals surface area contributed by atoms with E-state index in [0.717, 1.165) is 0 Å². The van der Waals surface area contributed by atoms with Gasteiger partial charge < -0.3 is 10.5 Å². The molecule has 0 aromatic heterocycles. The van der Waals surface area contributed by atoms with Gasteiger partial charge in [-0.1, -0.05) is 0 Å². The third-order valence-corrected chi connectivity index (χ3v) is 0.407. The molecule has 0 spiro atoms. The fourth-order valence-corrected chi connectivity index (χ4v) is 0.302. The van der Waals surface area contributed by atoms with Crippen LogP contribution in [-0.4, -0.2) is 47.9 Å². The third kappa shape index (κ3) is 15.8. The number of carbonyl (C=O) groups is 1. The molecule has 0 saturated carbocycles. The summed E-state index contributed by atoms with van der Waals surface area (Å²) in [6.07, 6.45) is -0.725. The fourth-order valence-electron chi connectivity index (χ4n) is 0.302. The molecule has 10 heavy (non-hydrogen) atoms. The molecule has 0 aliphatic heterocycles. The van der Waals surface area contributed by atoms with E-state index >= 15 is 0 Å². The van der Waals surface area contributed by atoms with Gasteiger partial charge in [0, 0.05) is 0 Å². The molecule has 0 aliphatic carbocycles. The molecule has 0 atom stereocenters. The van der Waals surface area contributed by atoms with E-state index < -0.39 is 11.7 Å². The topological polar surface area (TPSA) is 52.3 Å². The Labute approximate surface area is 84.0 Å². The summed E-state index contributed by atoms with van der Waals surface area (Å²) >= 11 is 0. The number of nitrogens with two attached hydrogens (primary N) is 1. The normalized spacial score (nSPS) is 8.70. The van der Waals surface area contributed by atoms with Crippen molar-refractivity contribution in [3.63, 3.8) is 0 Å². The van der Waals surface area contributed by atoms with Gasteiger partial charge in [0.2, 0.25) is 0 Å². The maximum atomic E-state index is 10.0. The predicted molar refractivity (Wildman–Crippen MR) is 47.5 cm³/mol. The summed E-state index contributed by atoms with van der Waals surface area (Å²) in [7, 11) is 0. The van der Waals surface area contributed by atoms with Gasteiger partial charge in [-0.25, -0.2) is 4.79 Å². The molecular formula is C5H15AlLiNO2. The molecule has 0 aromatic rings. The monoisotopic (exact) mass is 155 g/mol. The first-order valence-electron chi connectivity index (χ1n) is 2.40. The van der Waals surface area contributed by atoms with E-state index in [2.05, 4.69) is 4.74 Å². The summed E-state index contributed by atoms with van der Waals surface area (Å²) in [6, 6.07) is 0. The minimum absolute atomic E-state index is 0. The van der Waals surface area contributed by atoms with Crippen molar-refractivity contribution < 1.29 is 9.53 Å². The second-order valence-corrected chi connectivity index (χ2v) is 2.53. The average Bonchev–Trinajstić information content (AvgIpc) is 1.21. The molecule has 2 N–H and O–H groups in total. The van der Waals surface area contributed by atoms with E-state index in [-0.39, 0.29) is 36.2 Å². The molecule has 0 aromatic carbocycles. The minimum atomic E-state index is -0.725. The molecule has 0 heterocycles. The number of hydrogen-bond acceptors (Lipinski definition) is 2. The molecule has 0 unspecified atom stereocenters. The van der Waals surface area contributed by atoms with Crippen molar-refractivity contribution in [2.45, 2.75) is 26.4 Å². The first-order chi connectivity index (χ1) is 3.42. The Morgan fingerprint density at radius 1 is 1.40 bits per heavy atom. The van der Waals surface area contributed by atoms with E-state index in [9.17, 15) is 4.79 Å². The average molecular weight is 155 g/mol. The van der Waals surface area contributed by atoms with Crippen molar-refractivity contribution in [1.82, 2.24) is 0 Å². The van der Waals surface area contributed by atoms with E-state index in [4.69, 9.17) is 5.73 Å². The van der Waals surface area contributed by atoms with Crippen LogP contribution in [0.1, 0.15) is 20.8 Å². The molecule has 5 heteroatoms. The van der Waals surface area contributed by atoms with Crippen molar-refractivity contribution in [1.29, 1.82) is 0 Å². The van der Waals surface area contributed by atoms with Crippen molar-refractivity contribution in [2.24, 2.45) is 5.73 Å². The van der Waals surface area contributed by atoms with Crippen LogP contribution in [0, 0.1) is 0 Å². The summed E-state index contributed by atoms with van der Waals surface area (Å²) in [5, 5.41) is 0. The number of rotatable bonds is 0. The fraction of sp³-hybridized carbons (Fsp3) is 0.800. The second-order valence-electron chi connectivity index (χ2n) is 2.53. The molecule has 0 fully saturated rings. The van der Waals surface area contributed by atoms with E-state index in [0.29, 0.717) is 0 Å². The summed E-state index contributed by atoms with van der Waals surface area (Å²) in [5.41, 5.74) is 4.26. The van der Waals surface area contributed by atoms with E-state index in [1.165, 1.54) is 0 Å². The zero-order valence-electron chi connectivity index (χ0n) is 5.39. The van der Waals surface area contributed by atoms with Gasteiger partial charge in [0.25, 0.3) is 0 Å². The number of amides is 1. The molecule has 56 valence electrons. The molecule has 0 bridgehead atoms. The summed E-state index contributed by atoms with van der Waals surface area (Å²) in [4.78, 5) is 10.0. The van der Waals surface area contributed by atoms with Gasteiger partial charge in [-0.2, -0.15) is 0 Å². The quantitative estimate of drug-likeness (QED) is 0.458. The van der Waals surface area contributed by atoms with Crippen LogP contribution in [0.5, 0.6) is 0 Å². The van der Waals surface area contributed by atoms with Gasteiger partial charge in [-0.15, -0.1) is 0 Å². The standard InChI is InChI=1S/C5H11NO2.Al.Li.4H/c1-5(2,3)8-4(6)7;;;;;;/h1-3H3,(H2,6,7);;;;;;. The Morgan fingerprint density at radius 2 is 1.70 bits per heavy atom. The molecule has 0 rings (SSSR count). The first kappa shape index (κ1) is 16.8. The Bertz CT molecular complexity index is 102. The predicted octanol–water partition coefficient (Wildman–Crippen LogP) is -0.952. The van der Waals surface area contributed by atoms with Gasteiger partial charge >= 0.3 is 25.0 Å². The number of hydrogen-bond donors (Lipinski definition) is 1. The molecular weight excluding hydrogens is 140 g/mol. The molecule has 3 nitrogen and oxygen atoms in total. The Hall–Kier alpha value is 0.400. The zero-order chi connectivity index (χ0) is 6.78. The van der Waals surface area contributed by atoms with Crippen LogP contribution in [0.2, 0.25) is 0 Å². The zero-order valence-corrected chi connectivity index (χ0v) is 5.39. The van der Waals surface area contributed by atoms with E-state index in [1.54, 1.807) is 20.8 Å². The first-order valence-corrected chi connectivity index (χ1v) is 2.40. The van der Waals surface area contributed by atoms with Crippen molar-refractivity contribution in [3.05, 3.63) is 0 Å². The molecule has 1 amide bonds. The van der Waals surface area contributed by atoms with Gasteiger partial charge in [0.05, 0.1) is 0 Å². The van der Waals surface area contributed by atoms with Crippen molar-refractivity contribution in [3.8, 4) is 0 Å². The third-order valence-electron chi connectivity index (χ3n) is 0.407. The number of ether oxygens (including phenoxy) is 1. The number of primary amides is 1. The summed E-state index contributed by atoms with van der Waals surface area (Å²) < 4.78 is 4.58. The Kier molecular flexibility index (Phi) is 10.3. The van der Waals surface area contributed by atoms with Crippen LogP contribution in [0.15, 0.2) is 0 Å². The Balaban J connectivity index is -0.000000245. The van der Waals surface area contributed by atoms with Crippen LogP contribution in [-0.2, 0) is 4.74 Å². The van der Waals surface area contributed by atoms with E-state index in [1.807, 2.05) is 0 Å². The van der Waals surface area contributed by atoms with Crippen LogP contribution in [0.25, 0.3) is 0 Å². The summed E-state index contributed by atoms with van der Waals surface area (Å²) in [6.45, 7) is 5.28. The van der Waals surface area contributed by atoms with Crippen LogP contribution in [0.3, 0.4) is 0 Å². The van der Waals surface area contributed by atoms with Gasteiger partial charge in [-0.05, 0) is 20.8 Å². The molecule has 0 radical (unpaired) electrons. The van der Waals surface area contributed by atoms with Crippen LogP contribution in [0.4, 0.5) is 4.79 Å². The van der Waals surface area contributed by atoms with Gasteiger partial charge in [0.1, 0.15) is 5.60 Å². The van der Waals surface area contributed by atoms with Crippen LogP contribution >= 0.6 is 0 Å².